The van der Waals surface area contributed by atoms with Gasteiger partial charge in [0.1, 0.15) is 28.6 Å². The van der Waals surface area contributed by atoms with E-state index in [1.165, 1.54) is 18.0 Å². The molecule has 1 saturated heterocycles. The Morgan fingerprint density at radius 1 is 0.957 bits per heavy atom. The molecular formula is C34H39N3O8S. The summed E-state index contributed by atoms with van der Waals surface area (Å²) < 4.78 is 17.5. The van der Waals surface area contributed by atoms with Crippen LogP contribution in [0, 0.1) is 0 Å². The first-order valence-corrected chi connectivity index (χ1v) is 15.5. The summed E-state index contributed by atoms with van der Waals surface area (Å²) in [5.41, 5.74) is 1.21. The van der Waals surface area contributed by atoms with Crippen LogP contribution in [0.15, 0.2) is 60.7 Å². The molecule has 1 unspecified atom stereocenters. The number of rotatable bonds is 9. The second-order valence-electron chi connectivity index (χ2n) is 12.8. The largest absolute Gasteiger partial charge is 0.508 e. The third-order valence-electron chi connectivity index (χ3n) is 6.75. The highest BCUT2D eigenvalue weighted by atomic mass is 32.2. The Labute approximate surface area is 272 Å². The first kappa shape index (κ1) is 34.2. The van der Waals surface area contributed by atoms with Gasteiger partial charge in [-0.1, -0.05) is 44.7 Å². The maximum Gasteiger partial charge on any atom is 0.414 e. The standard InChI is InChI=1S/C34H39N3O8S/c1-33(2,3)24-17-21(38)10-15-27(24)44-23-13-14-25(26(18-23)37(7)32(42)45-34(4,5)6)35-29(39)19-43-22-11-8-20(9-12-22)16-28-30(40)36-31(41)46-28/h8-15,17-18,28,38H,16,19H2,1-7H3,(H,35,39)(H,36,40,41). The van der Waals surface area contributed by atoms with Crippen molar-refractivity contribution in [2.45, 2.75) is 64.2 Å². The Morgan fingerprint density at radius 3 is 2.24 bits per heavy atom. The second-order valence-corrected chi connectivity index (χ2v) is 14.0. The Kier molecular flexibility index (Phi) is 10.2. The maximum atomic E-state index is 13.0. The van der Waals surface area contributed by atoms with Crippen LogP contribution in [0.4, 0.5) is 21.0 Å². The van der Waals surface area contributed by atoms with Crippen LogP contribution in [-0.4, -0.2) is 52.8 Å². The minimum Gasteiger partial charge on any atom is -0.508 e. The number of hydrogen-bond acceptors (Lipinski definition) is 9. The van der Waals surface area contributed by atoms with Crippen molar-refractivity contribution in [3.05, 3.63) is 71.8 Å². The topological polar surface area (TPSA) is 144 Å². The maximum absolute atomic E-state index is 13.0. The van der Waals surface area contributed by atoms with Crippen LogP contribution in [0.3, 0.4) is 0 Å². The van der Waals surface area contributed by atoms with Gasteiger partial charge in [-0.15, -0.1) is 0 Å². The number of ether oxygens (including phenoxy) is 3. The summed E-state index contributed by atoms with van der Waals surface area (Å²) in [6, 6.07) is 16.7. The molecular weight excluding hydrogens is 610 g/mol. The second kappa shape index (κ2) is 13.7. The normalized spacial score (nSPS) is 14.8. The highest BCUT2D eigenvalue weighted by Gasteiger charge is 2.31. The van der Waals surface area contributed by atoms with Crippen molar-refractivity contribution in [3.63, 3.8) is 0 Å². The highest BCUT2D eigenvalue weighted by Crippen LogP contribution is 2.39. The molecule has 3 aromatic carbocycles. The van der Waals surface area contributed by atoms with Gasteiger partial charge in [0.2, 0.25) is 5.91 Å². The summed E-state index contributed by atoms with van der Waals surface area (Å²) in [5, 5.41) is 14.3. The van der Waals surface area contributed by atoms with Crippen molar-refractivity contribution in [2.75, 3.05) is 23.9 Å². The molecule has 1 fully saturated rings. The fourth-order valence-corrected chi connectivity index (χ4v) is 5.37. The molecule has 46 heavy (non-hydrogen) atoms. The van der Waals surface area contributed by atoms with Crippen molar-refractivity contribution >= 4 is 46.3 Å². The molecule has 12 heteroatoms. The van der Waals surface area contributed by atoms with Crippen LogP contribution in [-0.2, 0) is 26.2 Å². The molecule has 3 N–H and O–H groups in total. The number of imide groups is 1. The van der Waals surface area contributed by atoms with Gasteiger partial charge in [-0.25, -0.2) is 4.79 Å². The fourth-order valence-electron chi connectivity index (χ4n) is 4.51. The molecule has 0 aliphatic carbocycles. The van der Waals surface area contributed by atoms with E-state index in [1.54, 1.807) is 75.4 Å². The predicted octanol–water partition coefficient (Wildman–Crippen LogP) is 6.76. The van der Waals surface area contributed by atoms with E-state index in [4.69, 9.17) is 14.2 Å². The molecule has 11 nitrogen and oxygen atoms in total. The summed E-state index contributed by atoms with van der Waals surface area (Å²) in [5.74, 6) is 0.714. The van der Waals surface area contributed by atoms with Gasteiger partial charge >= 0.3 is 6.09 Å². The number of carbonyl (C=O) groups excluding carboxylic acids is 4. The fraction of sp³-hybridized carbons (Fsp3) is 0.353. The zero-order chi connectivity index (χ0) is 33.8. The molecule has 4 amide bonds. The molecule has 4 rings (SSSR count). The Balaban J connectivity index is 1.49. The predicted molar refractivity (Wildman–Crippen MR) is 177 cm³/mol. The van der Waals surface area contributed by atoms with Crippen LogP contribution < -0.4 is 25.0 Å². The van der Waals surface area contributed by atoms with Gasteiger partial charge in [0.05, 0.1) is 16.6 Å². The molecule has 0 bridgehead atoms. The number of phenolic OH excluding ortho intramolecular Hbond substituents is 1. The number of nitrogens with one attached hydrogen (secondary N) is 2. The SMILES string of the molecule is CN(C(=O)OC(C)(C)C)c1cc(Oc2ccc(O)cc2C(C)(C)C)ccc1NC(=O)COc1ccc(CC2SC(=O)NC2=O)cc1. The number of hydrogen-bond donors (Lipinski definition) is 3. The number of anilines is 2. The van der Waals surface area contributed by atoms with Gasteiger partial charge in [0, 0.05) is 18.7 Å². The number of aromatic hydroxyl groups is 1. The van der Waals surface area contributed by atoms with Crippen molar-refractivity contribution < 1.29 is 38.5 Å². The zero-order valence-corrected chi connectivity index (χ0v) is 27.7. The van der Waals surface area contributed by atoms with Gasteiger partial charge in [-0.3, -0.25) is 24.6 Å². The van der Waals surface area contributed by atoms with Gasteiger partial charge < -0.3 is 24.6 Å². The number of thioether (sulfide) groups is 1. The summed E-state index contributed by atoms with van der Waals surface area (Å²) >= 11 is 0.965. The van der Waals surface area contributed by atoms with E-state index < -0.39 is 22.9 Å². The van der Waals surface area contributed by atoms with Gasteiger partial charge in [-0.05, 0) is 80.6 Å². The average molecular weight is 650 g/mol. The van der Waals surface area contributed by atoms with E-state index in [0.29, 0.717) is 35.0 Å². The third kappa shape index (κ3) is 9.16. The summed E-state index contributed by atoms with van der Waals surface area (Å²) in [6.07, 6.45) is -0.240. The quantitative estimate of drug-likeness (QED) is 0.229. The van der Waals surface area contributed by atoms with Gasteiger partial charge in [0.15, 0.2) is 6.61 Å². The highest BCUT2D eigenvalue weighted by molar-refractivity contribution is 8.15. The molecule has 1 atom stereocenters. The smallest absolute Gasteiger partial charge is 0.414 e. The summed E-state index contributed by atoms with van der Waals surface area (Å²) in [7, 11) is 1.53. The number of benzene rings is 3. The van der Waals surface area contributed by atoms with E-state index in [0.717, 1.165) is 22.9 Å². The molecule has 1 heterocycles. The number of nitrogens with zero attached hydrogens (tertiary/aromatic N) is 1. The lowest BCUT2D eigenvalue weighted by Gasteiger charge is -2.27. The Morgan fingerprint density at radius 2 is 1.63 bits per heavy atom. The lowest BCUT2D eigenvalue weighted by molar-refractivity contribution is -0.119. The van der Waals surface area contributed by atoms with Crippen molar-refractivity contribution in [1.29, 1.82) is 0 Å². The number of carbonyl (C=O) groups is 4. The molecule has 1 aliphatic rings. The van der Waals surface area contributed by atoms with Crippen molar-refractivity contribution in [3.8, 4) is 23.0 Å². The molecule has 0 saturated carbocycles. The molecule has 3 aromatic rings. The van der Waals surface area contributed by atoms with E-state index in [-0.39, 0.29) is 28.9 Å². The molecule has 244 valence electrons. The van der Waals surface area contributed by atoms with Gasteiger partial charge in [0.25, 0.3) is 11.1 Å². The van der Waals surface area contributed by atoms with Crippen LogP contribution in [0.5, 0.6) is 23.0 Å². The van der Waals surface area contributed by atoms with E-state index >= 15 is 0 Å². The first-order chi connectivity index (χ1) is 21.5. The molecule has 0 radical (unpaired) electrons. The number of amides is 4. The number of phenols is 1. The zero-order valence-electron chi connectivity index (χ0n) is 26.9. The van der Waals surface area contributed by atoms with Gasteiger partial charge in [-0.2, -0.15) is 0 Å². The molecule has 1 aliphatic heterocycles. The van der Waals surface area contributed by atoms with E-state index in [1.807, 2.05) is 20.8 Å². The van der Waals surface area contributed by atoms with Crippen LogP contribution in [0.1, 0.15) is 52.7 Å². The minimum absolute atomic E-state index is 0.119. The lowest BCUT2D eigenvalue weighted by Crippen LogP contribution is -2.34. The van der Waals surface area contributed by atoms with Crippen LogP contribution >= 0.6 is 11.8 Å². The first-order valence-electron chi connectivity index (χ1n) is 14.6. The average Bonchev–Trinajstić information content (AvgIpc) is 3.28. The monoisotopic (exact) mass is 649 g/mol. The third-order valence-corrected chi connectivity index (χ3v) is 7.73. The summed E-state index contributed by atoms with van der Waals surface area (Å²) in [6.45, 7) is 11.0. The van der Waals surface area contributed by atoms with E-state index in [9.17, 15) is 24.3 Å². The molecule has 0 spiro atoms. The van der Waals surface area contributed by atoms with Crippen LogP contribution in [0.25, 0.3) is 0 Å². The Hall–Kier alpha value is -4.71. The summed E-state index contributed by atoms with van der Waals surface area (Å²) in [4.78, 5) is 50.6. The minimum atomic E-state index is -0.750. The lowest BCUT2D eigenvalue weighted by atomic mass is 9.86. The van der Waals surface area contributed by atoms with Crippen molar-refractivity contribution in [2.24, 2.45) is 0 Å². The van der Waals surface area contributed by atoms with Crippen LogP contribution in [0.2, 0.25) is 0 Å². The Bertz CT molecular complexity index is 1630. The van der Waals surface area contributed by atoms with Crippen molar-refractivity contribution in [1.82, 2.24) is 5.32 Å². The van der Waals surface area contributed by atoms with E-state index in [2.05, 4.69) is 10.6 Å². The molecule has 0 aromatic heterocycles.